The zero-order valence-corrected chi connectivity index (χ0v) is 12.7. The van der Waals surface area contributed by atoms with Crippen molar-refractivity contribution in [2.75, 3.05) is 10.8 Å². The van der Waals surface area contributed by atoms with Gasteiger partial charge in [-0.25, -0.2) is 12.8 Å². The van der Waals surface area contributed by atoms with Crippen LogP contribution in [0.4, 0.5) is 10.1 Å². The second-order valence-corrected chi connectivity index (χ2v) is 6.77. The first kappa shape index (κ1) is 15.3. The van der Waals surface area contributed by atoms with Gasteiger partial charge >= 0.3 is 0 Å². The van der Waals surface area contributed by atoms with E-state index in [4.69, 9.17) is 10.5 Å². The van der Waals surface area contributed by atoms with Crippen molar-refractivity contribution in [1.29, 1.82) is 0 Å². The van der Waals surface area contributed by atoms with Gasteiger partial charge in [0.05, 0.1) is 12.2 Å². The Morgan fingerprint density at radius 1 is 1.17 bits per heavy atom. The number of benzene rings is 2. The van der Waals surface area contributed by atoms with Gasteiger partial charge in [0.25, 0.3) is 15.9 Å². The van der Waals surface area contributed by atoms with Crippen LogP contribution in [-0.4, -0.2) is 27.0 Å². The highest BCUT2D eigenvalue weighted by Crippen LogP contribution is 2.37. The number of ether oxygens (including phenoxy) is 1. The third-order valence-electron chi connectivity index (χ3n) is 3.46. The smallest absolute Gasteiger partial charge is 0.267 e. The molecule has 1 amide bonds. The molecule has 6 nitrogen and oxygen atoms in total. The van der Waals surface area contributed by atoms with Crippen molar-refractivity contribution in [3.8, 4) is 5.75 Å². The third kappa shape index (κ3) is 2.61. The second kappa shape index (κ2) is 5.54. The minimum atomic E-state index is -4.20. The number of carbonyl (C=O) groups is 1. The maximum atomic E-state index is 13.9. The summed E-state index contributed by atoms with van der Waals surface area (Å²) in [6.07, 6.45) is -1.15. The molecule has 0 spiro atoms. The topological polar surface area (TPSA) is 89.7 Å². The van der Waals surface area contributed by atoms with Gasteiger partial charge in [-0.1, -0.05) is 24.3 Å². The van der Waals surface area contributed by atoms with E-state index in [0.717, 1.165) is 10.4 Å². The van der Waals surface area contributed by atoms with Crippen LogP contribution in [0.25, 0.3) is 0 Å². The van der Waals surface area contributed by atoms with E-state index in [0.29, 0.717) is 0 Å². The van der Waals surface area contributed by atoms with Gasteiger partial charge in [0, 0.05) is 0 Å². The Labute approximate surface area is 132 Å². The Bertz CT molecular complexity index is 869. The first-order valence-electron chi connectivity index (χ1n) is 6.73. The Kier molecular flexibility index (Phi) is 3.69. The summed E-state index contributed by atoms with van der Waals surface area (Å²) in [6, 6.07) is 11.3. The highest BCUT2D eigenvalue weighted by molar-refractivity contribution is 7.92. The molecule has 0 radical (unpaired) electrons. The van der Waals surface area contributed by atoms with E-state index in [1.54, 1.807) is 12.1 Å². The highest BCUT2D eigenvalue weighted by Gasteiger charge is 2.37. The molecular formula is C15H13FN2O4S. The molecule has 0 saturated heterocycles. The van der Waals surface area contributed by atoms with Gasteiger partial charge in [0.15, 0.2) is 6.10 Å². The van der Waals surface area contributed by atoms with Crippen molar-refractivity contribution in [2.24, 2.45) is 5.73 Å². The lowest BCUT2D eigenvalue weighted by molar-refractivity contribution is -0.124. The lowest BCUT2D eigenvalue weighted by atomic mass is 10.2. The summed E-state index contributed by atoms with van der Waals surface area (Å²) in [5.41, 5.74) is 5.47. The zero-order chi connectivity index (χ0) is 16.6. The van der Waals surface area contributed by atoms with Gasteiger partial charge in [0.2, 0.25) is 0 Å². The Morgan fingerprint density at radius 2 is 1.83 bits per heavy atom. The average molecular weight is 336 g/mol. The van der Waals surface area contributed by atoms with Crippen molar-refractivity contribution in [2.45, 2.75) is 11.0 Å². The standard InChI is InChI=1S/C15H13FN2O4S/c16-10-5-1-4-8-14(10)23(20,21)18-9-13(15(17)19)22-12-7-3-2-6-11(12)18/h1-8,13H,9H2,(H2,17,19). The van der Waals surface area contributed by atoms with E-state index >= 15 is 0 Å². The molecule has 0 aromatic heterocycles. The number of primary amides is 1. The van der Waals surface area contributed by atoms with Crippen LogP contribution in [-0.2, 0) is 14.8 Å². The summed E-state index contributed by atoms with van der Waals surface area (Å²) in [6.45, 7) is -0.316. The molecule has 2 aromatic carbocycles. The molecule has 23 heavy (non-hydrogen) atoms. The highest BCUT2D eigenvalue weighted by atomic mass is 32.2. The van der Waals surface area contributed by atoms with E-state index in [1.165, 1.54) is 30.3 Å². The molecule has 1 aliphatic rings. The summed E-state index contributed by atoms with van der Waals surface area (Å²) < 4.78 is 45.9. The lowest BCUT2D eigenvalue weighted by Gasteiger charge is -2.34. The van der Waals surface area contributed by atoms with Crippen LogP contribution in [0, 0.1) is 5.82 Å². The van der Waals surface area contributed by atoms with E-state index < -0.39 is 32.7 Å². The molecule has 2 aromatic rings. The van der Waals surface area contributed by atoms with Crippen LogP contribution in [0.2, 0.25) is 0 Å². The maximum Gasteiger partial charge on any atom is 0.267 e. The van der Waals surface area contributed by atoms with E-state index in [1.807, 2.05) is 0 Å². The number of nitrogens with two attached hydrogens (primary N) is 1. The Morgan fingerprint density at radius 3 is 2.52 bits per heavy atom. The van der Waals surface area contributed by atoms with Gasteiger partial charge in [-0.2, -0.15) is 0 Å². The van der Waals surface area contributed by atoms with Gasteiger partial charge in [-0.05, 0) is 24.3 Å². The molecule has 0 aliphatic carbocycles. The van der Waals surface area contributed by atoms with Crippen LogP contribution < -0.4 is 14.8 Å². The first-order valence-corrected chi connectivity index (χ1v) is 8.17. The fourth-order valence-corrected chi connectivity index (χ4v) is 3.89. The number of nitrogens with zero attached hydrogens (tertiary/aromatic N) is 1. The van der Waals surface area contributed by atoms with E-state index in [-0.39, 0.29) is 18.0 Å². The number of rotatable bonds is 3. The minimum Gasteiger partial charge on any atom is -0.476 e. The minimum absolute atomic E-state index is 0.197. The van der Waals surface area contributed by atoms with Crippen molar-refractivity contribution in [3.05, 3.63) is 54.3 Å². The molecule has 2 N–H and O–H groups in total. The first-order chi connectivity index (χ1) is 10.9. The maximum absolute atomic E-state index is 13.9. The van der Waals surface area contributed by atoms with Crippen molar-refractivity contribution < 1.29 is 22.3 Å². The average Bonchev–Trinajstić information content (AvgIpc) is 2.53. The third-order valence-corrected chi connectivity index (χ3v) is 5.27. The molecule has 0 fully saturated rings. The predicted octanol–water partition coefficient (Wildman–Crippen LogP) is 1.27. The normalized spacial score (nSPS) is 17.3. The predicted molar refractivity (Wildman–Crippen MR) is 81.0 cm³/mol. The van der Waals surface area contributed by atoms with Crippen LogP contribution in [0.5, 0.6) is 5.75 Å². The monoisotopic (exact) mass is 336 g/mol. The van der Waals surface area contributed by atoms with Crippen LogP contribution in [0.1, 0.15) is 0 Å². The van der Waals surface area contributed by atoms with Crippen molar-refractivity contribution >= 4 is 21.6 Å². The number of hydrogen-bond donors (Lipinski definition) is 1. The largest absolute Gasteiger partial charge is 0.476 e. The van der Waals surface area contributed by atoms with Crippen LogP contribution in [0.15, 0.2) is 53.4 Å². The van der Waals surface area contributed by atoms with Gasteiger partial charge < -0.3 is 10.5 Å². The van der Waals surface area contributed by atoms with Gasteiger partial charge in [-0.15, -0.1) is 0 Å². The number of sulfonamides is 1. The number of amides is 1. The Hall–Kier alpha value is -2.61. The van der Waals surface area contributed by atoms with Crippen LogP contribution >= 0.6 is 0 Å². The van der Waals surface area contributed by atoms with E-state index in [9.17, 15) is 17.6 Å². The summed E-state index contributed by atoms with van der Waals surface area (Å²) in [5, 5.41) is 0. The molecule has 0 bridgehead atoms. The van der Waals surface area contributed by atoms with Gasteiger partial charge in [-0.3, -0.25) is 9.10 Å². The Balaban J connectivity index is 2.14. The second-order valence-electron chi connectivity index (χ2n) is 4.94. The quantitative estimate of drug-likeness (QED) is 0.914. The molecule has 1 atom stereocenters. The van der Waals surface area contributed by atoms with E-state index in [2.05, 4.69) is 0 Å². The number of carbonyl (C=O) groups excluding carboxylic acids is 1. The summed E-state index contributed by atoms with van der Waals surface area (Å²) in [7, 11) is -4.20. The number of halogens is 1. The molecule has 120 valence electrons. The molecule has 1 heterocycles. The van der Waals surface area contributed by atoms with Gasteiger partial charge in [0.1, 0.15) is 16.5 Å². The fourth-order valence-electron chi connectivity index (χ4n) is 2.35. The molecule has 0 saturated carbocycles. The number of para-hydroxylation sites is 2. The number of hydrogen-bond acceptors (Lipinski definition) is 4. The summed E-state index contributed by atoms with van der Waals surface area (Å²) in [4.78, 5) is 11.0. The number of anilines is 1. The summed E-state index contributed by atoms with van der Waals surface area (Å²) in [5.74, 6) is -1.47. The molecular weight excluding hydrogens is 323 g/mol. The molecule has 3 rings (SSSR count). The van der Waals surface area contributed by atoms with Crippen molar-refractivity contribution in [3.63, 3.8) is 0 Å². The fraction of sp³-hybridized carbons (Fsp3) is 0.133. The summed E-state index contributed by atoms with van der Waals surface area (Å²) >= 11 is 0. The van der Waals surface area contributed by atoms with Crippen LogP contribution in [0.3, 0.4) is 0 Å². The molecule has 1 unspecified atom stereocenters. The molecule has 8 heteroatoms. The molecule has 1 aliphatic heterocycles. The lowest BCUT2D eigenvalue weighted by Crippen LogP contribution is -2.49. The van der Waals surface area contributed by atoms with Crippen molar-refractivity contribution in [1.82, 2.24) is 0 Å². The zero-order valence-electron chi connectivity index (χ0n) is 11.8. The number of fused-ring (bicyclic) bond motifs is 1. The SMILES string of the molecule is NC(=O)C1CN(S(=O)(=O)c2ccccc2F)c2ccccc2O1.